The van der Waals surface area contributed by atoms with Crippen LogP contribution < -0.4 is 5.32 Å². The minimum absolute atomic E-state index is 0.00842. The summed E-state index contributed by atoms with van der Waals surface area (Å²) in [6.45, 7) is 3.56. The Labute approximate surface area is 131 Å². The second-order valence-electron chi connectivity index (χ2n) is 5.09. The van der Waals surface area contributed by atoms with E-state index < -0.39 is 0 Å². The number of rotatable bonds is 4. The molecule has 1 N–H and O–H groups in total. The third-order valence-electron chi connectivity index (χ3n) is 3.35. The Morgan fingerprint density at radius 3 is 2.77 bits per heavy atom. The maximum Gasteiger partial charge on any atom is 0.246 e. The second-order valence-corrected chi connectivity index (χ2v) is 5.94. The standard InChI is InChI=1S/C16H15N3O2S/c1-10-9-22-16(17-10)18-15(21)8-19-7-13(11(2)20)12-5-3-4-6-14(12)19/h3-7,9H,8H2,1-2H3,(H,17,18,21). The van der Waals surface area contributed by atoms with Crippen LogP contribution in [-0.4, -0.2) is 21.2 Å². The summed E-state index contributed by atoms with van der Waals surface area (Å²) in [5.41, 5.74) is 2.39. The lowest BCUT2D eigenvalue weighted by Crippen LogP contribution is -2.18. The van der Waals surface area contributed by atoms with E-state index in [0.29, 0.717) is 10.7 Å². The summed E-state index contributed by atoms with van der Waals surface area (Å²) < 4.78 is 1.79. The Bertz CT molecular complexity index is 863. The molecular weight excluding hydrogens is 298 g/mol. The average Bonchev–Trinajstić information content (AvgIpc) is 3.03. The molecule has 5 nitrogen and oxygen atoms in total. The molecule has 0 saturated carbocycles. The van der Waals surface area contributed by atoms with Crippen LogP contribution in [0.2, 0.25) is 0 Å². The highest BCUT2D eigenvalue weighted by Crippen LogP contribution is 2.22. The Morgan fingerprint density at radius 1 is 1.32 bits per heavy atom. The van der Waals surface area contributed by atoms with Gasteiger partial charge in [0.25, 0.3) is 0 Å². The van der Waals surface area contributed by atoms with Crippen molar-refractivity contribution in [3.63, 3.8) is 0 Å². The summed E-state index contributed by atoms with van der Waals surface area (Å²) in [6, 6.07) is 7.58. The molecule has 112 valence electrons. The van der Waals surface area contributed by atoms with Gasteiger partial charge in [-0.15, -0.1) is 11.3 Å². The van der Waals surface area contributed by atoms with E-state index in [4.69, 9.17) is 0 Å². The van der Waals surface area contributed by atoms with Crippen molar-refractivity contribution in [1.82, 2.24) is 9.55 Å². The van der Waals surface area contributed by atoms with Gasteiger partial charge in [-0.05, 0) is 19.9 Å². The van der Waals surface area contributed by atoms with E-state index in [1.54, 1.807) is 10.8 Å². The molecule has 1 amide bonds. The number of Topliss-reactive ketones (excluding diaryl/α,β-unsaturated/α-hetero) is 1. The predicted octanol–water partition coefficient (Wildman–Crippen LogP) is 3.25. The van der Waals surface area contributed by atoms with Crippen molar-refractivity contribution in [1.29, 1.82) is 0 Å². The number of anilines is 1. The predicted molar refractivity (Wildman–Crippen MR) is 87.4 cm³/mol. The van der Waals surface area contributed by atoms with Crippen LogP contribution in [0.4, 0.5) is 5.13 Å². The minimum atomic E-state index is -0.162. The summed E-state index contributed by atoms with van der Waals surface area (Å²) in [5, 5.41) is 6.12. The highest BCUT2D eigenvalue weighted by Gasteiger charge is 2.14. The van der Waals surface area contributed by atoms with Crippen LogP contribution in [0.3, 0.4) is 0 Å². The number of benzene rings is 1. The van der Waals surface area contributed by atoms with Gasteiger partial charge in [-0.3, -0.25) is 9.59 Å². The fourth-order valence-corrected chi connectivity index (χ4v) is 3.09. The van der Waals surface area contributed by atoms with Gasteiger partial charge < -0.3 is 9.88 Å². The van der Waals surface area contributed by atoms with E-state index >= 15 is 0 Å². The molecule has 22 heavy (non-hydrogen) atoms. The summed E-state index contributed by atoms with van der Waals surface area (Å²) in [5.74, 6) is -0.170. The number of fused-ring (bicyclic) bond motifs is 1. The Balaban J connectivity index is 1.87. The monoisotopic (exact) mass is 313 g/mol. The molecule has 6 heteroatoms. The number of nitrogens with zero attached hydrogens (tertiary/aromatic N) is 2. The van der Waals surface area contributed by atoms with Gasteiger partial charge in [-0.25, -0.2) is 4.98 Å². The summed E-state index contributed by atoms with van der Waals surface area (Å²) in [4.78, 5) is 28.1. The molecule has 0 atom stereocenters. The number of nitrogens with one attached hydrogen (secondary N) is 1. The fourth-order valence-electron chi connectivity index (χ4n) is 2.38. The number of carbonyl (C=O) groups excluding carboxylic acids is 2. The quantitative estimate of drug-likeness (QED) is 0.752. The van der Waals surface area contributed by atoms with Crippen molar-refractivity contribution < 1.29 is 9.59 Å². The fraction of sp³-hybridized carbons (Fsp3) is 0.188. The molecule has 0 unspecified atom stereocenters. The number of para-hydroxylation sites is 1. The molecule has 3 aromatic rings. The van der Waals surface area contributed by atoms with E-state index in [1.807, 2.05) is 36.6 Å². The summed E-state index contributed by atoms with van der Waals surface area (Å²) in [6.07, 6.45) is 1.74. The van der Waals surface area contributed by atoms with Gasteiger partial charge in [0, 0.05) is 28.0 Å². The van der Waals surface area contributed by atoms with Crippen molar-refractivity contribution in [2.45, 2.75) is 20.4 Å². The largest absolute Gasteiger partial charge is 0.337 e. The number of aromatic nitrogens is 2. The third kappa shape index (κ3) is 2.78. The first-order valence-corrected chi connectivity index (χ1v) is 7.73. The third-order valence-corrected chi connectivity index (χ3v) is 4.22. The van der Waals surface area contributed by atoms with Crippen LogP contribution in [0.25, 0.3) is 10.9 Å². The average molecular weight is 313 g/mol. The Kier molecular flexibility index (Phi) is 3.77. The first-order chi connectivity index (χ1) is 10.5. The van der Waals surface area contributed by atoms with E-state index in [2.05, 4.69) is 10.3 Å². The Hall–Kier alpha value is -2.47. The number of hydrogen-bond donors (Lipinski definition) is 1. The molecule has 2 heterocycles. The maximum atomic E-state index is 12.2. The number of aryl methyl sites for hydroxylation is 1. The van der Waals surface area contributed by atoms with E-state index in [1.165, 1.54) is 18.3 Å². The normalized spacial score (nSPS) is 10.8. The van der Waals surface area contributed by atoms with Gasteiger partial charge in [-0.1, -0.05) is 18.2 Å². The lowest BCUT2D eigenvalue weighted by atomic mass is 10.1. The lowest BCUT2D eigenvalue weighted by Gasteiger charge is -2.05. The number of ketones is 1. The number of amides is 1. The van der Waals surface area contributed by atoms with Crippen LogP contribution in [0.15, 0.2) is 35.8 Å². The lowest BCUT2D eigenvalue weighted by molar-refractivity contribution is -0.116. The van der Waals surface area contributed by atoms with Gasteiger partial charge in [-0.2, -0.15) is 0 Å². The van der Waals surface area contributed by atoms with Gasteiger partial charge in [0.15, 0.2) is 10.9 Å². The van der Waals surface area contributed by atoms with Crippen molar-refractivity contribution in [2.75, 3.05) is 5.32 Å². The highest BCUT2D eigenvalue weighted by atomic mass is 32.1. The van der Waals surface area contributed by atoms with Crippen molar-refractivity contribution in [2.24, 2.45) is 0 Å². The van der Waals surface area contributed by atoms with Crippen LogP contribution >= 0.6 is 11.3 Å². The van der Waals surface area contributed by atoms with Gasteiger partial charge >= 0.3 is 0 Å². The first kappa shape index (κ1) is 14.5. The second kappa shape index (κ2) is 5.73. The van der Waals surface area contributed by atoms with Gasteiger partial charge in [0.2, 0.25) is 5.91 Å². The maximum absolute atomic E-state index is 12.2. The molecule has 0 bridgehead atoms. The van der Waals surface area contributed by atoms with Gasteiger partial charge in [0.1, 0.15) is 6.54 Å². The number of thiazole rings is 1. The zero-order valence-electron chi connectivity index (χ0n) is 12.3. The van der Waals surface area contributed by atoms with Crippen molar-refractivity contribution >= 4 is 39.1 Å². The molecule has 3 rings (SSSR count). The van der Waals surface area contributed by atoms with Gasteiger partial charge in [0.05, 0.1) is 5.69 Å². The Morgan fingerprint density at radius 2 is 2.09 bits per heavy atom. The molecule has 0 radical (unpaired) electrons. The summed E-state index contributed by atoms with van der Waals surface area (Å²) >= 11 is 1.40. The minimum Gasteiger partial charge on any atom is -0.337 e. The van der Waals surface area contributed by atoms with E-state index in [9.17, 15) is 9.59 Å². The van der Waals surface area contributed by atoms with Crippen LogP contribution in [0, 0.1) is 6.92 Å². The van der Waals surface area contributed by atoms with Crippen LogP contribution in [-0.2, 0) is 11.3 Å². The summed E-state index contributed by atoms with van der Waals surface area (Å²) in [7, 11) is 0. The first-order valence-electron chi connectivity index (χ1n) is 6.85. The number of carbonyl (C=O) groups is 2. The molecule has 1 aromatic carbocycles. The number of hydrogen-bond acceptors (Lipinski definition) is 4. The zero-order valence-corrected chi connectivity index (χ0v) is 13.1. The molecule has 0 fully saturated rings. The van der Waals surface area contributed by atoms with Crippen LogP contribution in [0.1, 0.15) is 23.0 Å². The zero-order chi connectivity index (χ0) is 15.7. The molecule has 2 aromatic heterocycles. The van der Waals surface area contributed by atoms with E-state index in [-0.39, 0.29) is 18.2 Å². The molecule has 0 aliphatic heterocycles. The smallest absolute Gasteiger partial charge is 0.246 e. The SMILES string of the molecule is CC(=O)c1cn(CC(=O)Nc2nc(C)cs2)c2ccccc12. The highest BCUT2D eigenvalue weighted by molar-refractivity contribution is 7.13. The molecule has 0 aliphatic rings. The molecule has 0 spiro atoms. The topological polar surface area (TPSA) is 64.0 Å². The van der Waals surface area contributed by atoms with Crippen molar-refractivity contribution in [3.05, 3.63) is 47.1 Å². The molecule has 0 saturated heterocycles. The molecular formula is C16H15N3O2S. The molecule has 0 aliphatic carbocycles. The van der Waals surface area contributed by atoms with E-state index in [0.717, 1.165) is 16.6 Å². The van der Waals surface area contributed by atoms with Crippen molar-refractivity contribution in [3.8, 4) is 0 Å². The van der Waals surface area contributed by atoms with Crippen LogP contribution in [0.5, 0.6) is 0 Å².